The average molecular weight is 211 g/mol. The second kappa shape index (κ2) is 3.30. The van der Waals surface area contributed by atoms with Gasteiger partial charge in [0.15, 0.2) is 5.65 Å². The molecule has 2 N–H and O–H groups in total. The van der Waals surface area contributed by atoms with Crippen LogP contribution < -0.4 is 5.73 Å². The van der Waals surface area contributed by atoms with Crippen molar-refractivity contribution >= 4 is 11.6 Å². The highest BCUT2D eigenvalue weighted by atomic mass is 15.3. The molecule has 3 aromatic rings. The first kappa shape index (κ1) is 8.84. The Morgan fingerprint density at radius 1 is 1.12 bits per heavy atom. The molecule has 3 aromatic heterocycles. The Balaban J connectivity index is 2.31. The topological polar surface area (TPSA) is 69.1 Å². The summed E-state index contributed by atoms with van der Waals surface area (Å²) in [5, 5.41) is 4.07. The normalized spacial score (nSPS) is 10.8. The van der Waals surface area contributed by atoms with E-state index in [0.717, 1.165) is 16.8 Å². The number of hydrogen-bond acceptors (Lipinski definition) is 4. The summed E-state index contributed by atoms with van der Waals surface area (Å²) in [5.74, 6) is 0.279. The van der Waals surface area contributed by atoms with Gasteiger partial charge in [-0.05, 0) is 29.8 Å². The molecular weight excluding hydrogens is 202 g/mol. The molecule has 78 valence electrons. The van der Waals surface area contributed by atoms with E-state index in [0.29, 0.717) is 0 Å². The molecule has 0 saturated carbocycles. The first-order valence-corrected chi connectivity index (χ1v) is 4.86. The fraction of sp³-hybridized carbons (Fsp3) is 0. The molecule has 0 atom stereocenters. The Morgan fingerprint density at radius 3 is 2.75 bits per heavy atom. The van der Waals surface area contributed by atoms with Gasteiger partial charge in [-0.2, -0.15) is 4.98 Å². The number of nitrogen functional groups attached to an aromatic ring is 1. The van der Waals surface area contributed by atoms with Crippen molar-refractivity contribution in [3.63, 3.8) is 0 Å². The quantitative estimate of drug-likeness (QED) is 0.660. The van der Waals surface area contributed by atoms with Crippen molar-refractivity contribution in [2.75, 3.05) is 5.73 Å². The van der Waals surface area contributed by atoms with Gasteiger partial charge in [0.25, 0.3) is 0 Å². The number of nitrogens with two attached hydrogens (primary N) is 1. The Kier molecular flexibility index (Phi) is 1.83. The Labute approximate surface area is 91.6 Å². The summed E-state index contributed by atoms with van der Waals surface area (Å²) in [6, 6.07) is 7.76. The summed E-state index contributed by atoms with van der Waals surface area (Å²) in [7, 11) is 0. The van der Waals surface area contributed by atoms with E-state index in [4.69, 9.17) is 5.73 Å². The summed E-state index contributed by atoms with van der Waals surface area (Å²) in [6.07, 6.45) is 5.32. The van der Waals surface area contributed by atoms with Crippen LogP contribution in [-0.4, -0.2) is 19.6 Å². The van der Waals surface area contributed by atoms with Gasteiger partial charge in [-0.15, -0.1) is 5.10 Å². The molecule has 5 heteroatoms. The van der Waals surface area contributed by atoms with E-state index in [1.807, 2.05) is 30.5 Å². The fourth-order valence-electron chi connectivity index (χ4n) is 1.68. The van der Waals surface area contributed by atoms with Gasteiger partial charge in [0.2, 0.25) is 5.95 Å². The standard InChI is InChI=1S/C11H9N5/c12-11-14-10-9(2-1-7-16(10)15-11)8-3-5-13-6-4-8/h1-7H,(H2,12,15). The lowest BCUT2D eigenvalue weighted by Crippen LogP contribution is -1.89. The third kappa shape index (κ3) is 1.30. The predicted octanol–water partition coefficient (Wildman–Crippen LogP) is 1.37. The van der Waals surface area contributed by atoms with Gasteiger partial charge in [-0.3, -0.25) is 4.98 Å². The van der Waals surface area contributed by atoms with Crippen LogP contribution >= 0.6 is 0 Å². The number of anilines is 1. The summed E-state index contributed by atoms with van der Waals surface area (Å²) < 4.78 is 1.67. The SMILES string of the molecule is Nc1nc2c(-c3ccncc3)cccn2n1. The van der Waals surface area contributed by atoms with Crippen LogP contribution in [0.4, 0.5) is 5.95 Å². The van der Waals surface area contributed by atoms with Crippen LogP contribution in [0.1, 0.15) is 0 Å². The van der Waals surface area contributed by atoms with Gasteiger partial charge in [0.05, 0.1) is 0 Å². The van der Waals surface area contributed by atoms with E-state index in [1.165, 1.54) is 0 Å². The lowest BCUT2D eigenvalue weighted by atomic mass is 10.1. The van der Waals surface area contributed by atoms with Crippen LogP contribution in [0.2, 0.25) is 0 Å². The van der Waals surface area contributed by atoms with Crippen molar-refractivity contribution in [1.82, 2.24) is 19.6 Å². The Morgan fingerprint density at radius 2 is 1.94 bits per heavy atom. The van der Waals surface area contributed by atoms with Crippen LogP contribution in [0.3, 0.4) is 0 Å². The molecule has 0 aliphatic heterocycles. The van der Waals surface area contributed by atoms with Gasteiger partial charge >= 0.3 is 0 Å². The second-order valence-electron chi connectivity index (χ2n) is 3.40. The highest BCUT2D eigenvalue weighted by Gasteiger charge is 2.06. The Hall–Kier alpha value is -2.43. The van der Waals surface area contributed by atoms with E-state index in [-0.39, 0.29) is 5.95 Å². The minimum absolute atomic E-state index is 0.279. The van der Waals surface area contributed by atoms with Crippen LogP contribution in [0.15, 0.2) is 42.9 Å². The number of aromatic nitrogens is 4. The van der Waals surface area contributed by atoms with E-state index in [1.54, 1.807) is 16.9 Å². The molecular formula is C11H9N5. The molecule has 0 fully saturated rings. The van der Waals surface area contributed by atoms with Gasteiger partial charge < -0.3 is 5.73 Å². The summed E-state index contributed by atoms with van der Waals surface area (Å²) in [6.45, 7) is 0. The fourth-order valence-corrected chi connectivity index (χ4v) is 1.68. The predicted molar refractivity (Wildman–Crippen MR) is 60.6 cm³/mol. The van der Waals surface area contributed by atoms with E-state index in [2.05, 4.69) is 15.1 Å². The maximum atomic E-state index is 5.58. The molecule has 0 aromatic carbocycles. The van der Waals surface area contributed by atoms with Gasteiger partial charge in [0.1, 0.15) is 0 Å². The number of hydrogen-bond donors (Lipinski definition) is 1. The van der Waals surface area contributed by atoms with Gasteiger partial charge in [-0.1, -0.05) is 0 Å². The largest absolute Gasteiger partial charge is 0.366 e. The molecule has 0 aliphatic carbocycles. The number of nitrogens with zero attached hydrogens (tertiary/aromatic N) is 4. The zero-order valence-electron chi connectivity index (χ0n) is 8.41. The monoisotopic (exact) mass is 211 g/mol. The summed E-state index contributed by atoms with van der Waals surface area (Å²) >= 11 is 0. The molecule has 0 aliphatic rings. The van der Waals surface area contributed by atoms with E-state index < -0.39 is 0 Å². The van der Waals surface area contributed by atoms with Crippen molar-refractivity contribution in [2.24, 2.45) is 0 Å². The second-order valence-corrected chi connectivity index (χ2v) is 3.40. The van der Waals surface area contributed by atoms with E-state index in [9.17, 15) is 0 Å². The zero-order chi connectivity index (χ0) is 11.0. The van der Waals surface area contributed by atoms with Crippen molar-refractivity contribution in [2.45, 2.75) is 0 Å². The van der Waals surface area contributed by atoms with E-state index >= 15 is 0 Å². The third-order valence-corrected chi connectivity index (χ3v) is 2.37. The van der Waals surface area contributed by atoms with Crippen molar-refractivity contribution in [3.05, 3.63) is 42.9 Å². The number of rotatable bonds is 1. The minimum Gasteiger partial charge on any atom is -0.366 e. The average Bonchev–Trinajstić information content (AvgIpc) is 2.70. The molecule has 0 spiro atoms. The molecule has 16 heavy (non-hydrogen) atoms. The molecule has 0 radical (unpaired) electrons. The molecule has 0 unspecified atom stereocenters. The van der Waals surface area contributed by atoms with Crippen LogP contribution in [-0.2, 0) is 0 Å². The lowest BCUT2D eigenvalue weighted by Gasteiger charge is -2.01. The zero-order valence-corrected chi connectivity index (χ0v) is 8.41. The molecule has 0 saturated heterocycles. The van der Waals surface area contributed by atoms with Gasteiger partial charge in [-0.25, -0.2) is 4.52 Å². The van der Waals surface area contributed by atoms with Crippen molar-refractivity contribution in [1.29, 1.82) is 0 Å². The van der Waals surface area contributed by atoms with Gasteiger partial charge in [0, 0.05) is 24.2 Å². The van der Waals surface area contributed by atoms with Crippen molar-refractivity contribution in [3.8, 4) is 11.1 Å². The molecule has 0 amide bonds. The first-order chi connectivity index (χ1) is 7.84. The molecule has 5 nitrogen and oxygen atoms in total. The summed E-state index contributed by atoms with van der Waals surface area (Å²) in [5.41, 5.74) is 8.38. The summed E-state index contributed by atoms with van der Waals surface area (Å²) in [4.78, 5) is 8.19. The maximum absolute atomic E-state index is 5.58. The molecule has 0 bridgehead atoms. The first-order valence-electron chi connectivity index (χ1n) is 4.86. The molecule has 3 rings (SSSR count). The van der Waals surface area contributed by atoms with Crippen LogP contribution in [0.5, 0.6) is 0 Å². The highest BCUT2D eigenvalue weighted by molar-refractivity contribution is 5.77. The number of pyridine rings is 2. The van der Waals surface area contributed by atoms with Crippen LogP contribution in [0.25, 0.3) is 16.8 Å². The third-order valence-electron chi connectivity index (χ3n) is 2.37. The van der Waals surface area contributed by atoms with Crippen LogP contribution in [0, 0.1) is 0 Å². The molecule has 3 heterocycles. The maximum Gasteiger partial charge on any atom is 0.240 e. The Bertz CT molecular complexity index is 629. The highest BCUT2D eigenvalue weighted by Crippen LogP contribution is 2.22. The smallest absolute Gasteiger partial charge is 0.240 e. The minimum atomic E-state index is 0.279. The lowest BCUT2D eigenvalue weighted by molar-refractivity contribution is 0.969. The number of fused-ring (bicyclic) bond motifs is 1. The van der Waals surface area contributed by atoms with Crippen molar-refractivity contribution < 1.29 is 0 Å².